The zero-order valence-corrected chi connectivity index (χ0v) is 21.9. The number of hydrogen-bond acceptors (Lipinski definition) is 7. The molecule has 4 N–H and O–H groups in total. The number of ether oxygens (including phenoxy) is 3. The molecule has 2 heterocycles. The average molecular weight is 557 g/mol. The number of cyclic esters (lactones) is 1. The van der Waals surface area contributed by atoms with Crippen molar-refractivity contribution in [3.05, 3.63) is 96.3 Å². The maximum atomic E-state index is 12.8. The molecular formula is C30H28N4O7. The lowest BCUT2D eigenvalue weighted by molar-refractivity contribution is -0.135. The van der Waals surface area contributed by atoms with Gasteiger partial charge in [0.05, 0.1) is 6.54 Å². The highest BCUT2D eigenvalue weighted by Crippen LogP contribution is 2.20. The standard InChI is InChI=1S/C30H28N4O7/c31-28(36)26(14-25-24-9-5-4-6-20(24)15-32-25)33-29(37)19-10-12-21(13-11-19)39-18-23-16-34(30(38)41-23)17-27(35)40-22-7-2-1-3-8-22/h1-13,15,23,26,32H,14,16-18H2,(H2,31,36)(H,33,37). The Morgan fingerprint density at radius 1 is 1.00 bits per heavy atom. The van der Waals surface area contributed by atoms with Gasteiger partial charge in [0.1, 0.15) is 30.7 Å². The lowest BCUT2D eigenvalue weighted by Crippen LogP contribution is -2.45. The second-order valence-corrected chi connectivity index (χ2v) is 9.50. The van der Waals surface area contributed by atoms with E-state index in [1.807, 2.05) is 30.5 Å². The first kappa shape index (κ1) is 27.3. The number of fused-ring (bicyclic) bond motifs is 1. The molecule has 3 amide bonds. The Bertz CT molecular complexity index is 1550. The maximum Gasteiger partial charge on any atom is 0.410 e. The Morgan fingerprint density at radius 2 is 1.73 bits per heavy atom. The minimum atomic E-state index is -0.912. The van der Waals surface area contributed by atoms with Gasteiger partial charge in [0.2, 0.25) is 5.91 Å². The molecule has 0 aliphatic carbocycles. The molecule has 11 nitrogen and oxygen atoms in total. The summed E-state index contributed by atoms with van der Waals surface area (Å²) in [6, 6.07) is 21.7. The van der Waals surface area contributed by atoms with E-state index in [1.165, 1.54) is 4.90 Å². The third-order valence-electron chi connectivity index (χ3n) is 6.54. The Kier molecular flexibility index (Phi) is 8.14. The summed E-state index contributed by atoms with van der Waals surface area (Å²) >= 11 is 0. The number of rotatable bonds is 11. The number of nitrogens with zero attached hydrogens (tertiary/aromatic N) is 1. The Morgan fingerprint density at radius 3 is 2.49 bits per heavy atom. The van der Waals surface area contributed by atoms with E-state index in [0.717, 1.165) is 16.5 Å². The van der Waals surface area contributed by atoms with E-state index < -0.39 is 36.0 Å². The first-order valence-corrected chi connectivity index (χ1v) is 12.9. The molecule has 2 unspecified atom stereocenters. The van der Waals surface area contributed by atoms with E-state index in [9.17, 15) is 19.2 Å². The highest BCUT2D eigenvalue weighted by atomic mass is 16.6. The van der Waals surface area contributed by atoms with Crippen molar-refractivity contribution in [2.75, 3.05) is 19.7 Å². The molecule has 11 heteroatoms. The van der Waals surface area contributed by atoms with Crippen LogP contribution in [-0.4, -0.2) is 65.6 Å². The largest absolute Gasteiger partial charge is 0.490 e. The average Bonchev–Trinajstić information content (AvgIpc) is 3.54. The predicted octanol–water partition coefficient (Wildman–Crippen LogP) is 2.80. The molecule has 5 rings (SSSR count). The summed E-state index contributed by atoms with van der Waals surface area (Å²) in [5, 5.41) is 4.65. The summed E-state index contributed by atoms with van der Waals surface area (Å²) in [4.78, 5) is 53.6. The van der Waals surface area contributed by atoms with Gasteiger partial charge < -0.3 is 30.2 Å². The molecule has 0 bridgehead atoms. The van der Waals surface area contributed by atoms with Crippen LogP contribution in [0.1, 0.15) is 16.1 Å². The van der Waals surface area contributed by atoms with Crippen molar-refractivity contribution in [3.63, 3.8) is 0 Å². The van der Waals surface area contributed by atoms with Crippen molar-refractivity contribution in [1.29, 1.82) is 0 Å². The zero-order valence-electron chi connectivity index (χ0n) is 21.9. The van der Waals surface area contributed by atoms with E-state index in [1.54, 1.807) is 54.6 Å². The van der Waals surface area contributed by atoms with Gasteiger partial charge in [-0.3, -0.25) is 14.5 Å². The molecule has 1 saturated heterocycles. The van der Waals surface area contributed by atoms with Crippen LogP contribution in [0.2, 0.25) is 0 Å². The van der Waals surface area contributed by atoms with Gasteiger partial charge in [-0.15, -0.1) is 0 Å². The van der Waals surface area contributed by atoms with E-state index in [0.29, 0.717) is 17.1 Å². The highest BCUT2D eigenvalue weighted by molar-refractivity contribution is 5.97. The van der Waals surface area contributed by atoms with Crippen molar-refractivity contribution < 1.29 is 33.4 Å². The third kappa shape index (κ3) is 6.82. The number of nitrogens with two attached hydrogens (primary N) is 1. The number of H-pyrrole nitrogens is 1. The van der Waals surface area contributed by atoms with Crippen LogP contribution in [0.4, 0.5) is 4.79 Å². The molecule has 41 heavy (non-hydrogen) atoms. The van der Waals surface area contributed by atoms with Crippen LogP contribution >= 0.6 is 0 Å². The van der Waals surface area contributed by atoms with E-state index in [-0.39, 0.29) is 26.1 Å². The van der Waals surface area contributed by atoms with Crippen molar-refractivity contribution in [2.24, 2.45) is 5.73 Å². The van der Waals surface area contributed by atoms with Gasteiger partial charge in [-0.25, -0.2) is 9.59 Å². The SMILES string of the molecule is NC(=O)C(Cc1[nH]cc2ccccc12)NC(=O)c1ccc(OCC2CN(CC(=O)Oc3ccccc3)C(=O)O2)cc1. The van der Waals surface area contributed by atoms with Gasteiger partial charge in [-0.1, -0.05) is 42.5 Å². The number of carbonyl (C=O) groups excluding carboxylic acids is 4. The first-order valence-electron chi connectivity index (χ1n) is 12.9. The smallest absolute Gasteiger partial charge is 0.410 e. The molecule has 3 aromatic carbocycles. The Hall–Kier alpha value is -5.32. The summed E-state index contributed by atoms with van der Waals surface area (Å²) in [7, 11) is 0. The van der Waals surface area contributed by atoms with Crippen LogP contribution in [0.15, 0.2) is 85.1 Å². The number of primary amides is 1. The van der Waals surface area contributed by atoms with Gasteiger partial charge in [0, 0.05) is 29.3 Å². The predicted molar refractivity (Wildman–Crippen MR) is 148 cm³/mol. The molecule has 210 valence electrons. The maximum absolute atomic E-state index is 12.8. The molecule has 1 aliphatic heterocycles. The second-order valence-electron chi connectivity index (χ2n) is 9.50. The summed E-state index contributed by atoms with van der Waals surface area (Å²) in [5.74, 6) is -0.849. The fourth-order valence-corrected chi connectivity index (χ4v) is 4.47. The molecule has 1 aromatic heterocycles. The van der Waals surface area contributed by atoms with Crippen LogP contribution in [-0.2, 0) is 20.7 Å². The Labute approximate surface area is 235 Å². The van der Waals surface area contributed by atoms with Crippen LogP contribution in [0, 0.1) is 0 Å². The fourth-order valence-electron chi connectivity index (χ4n) is 4.47. The minimum Gasteiger partial charge on any atom is -0.490 e. The summed E-state index contributed by atoms with van der Waals surface area (Å²) in [5.41, 5.74) is 6.69. The molecule has 4 aromatic rings. The molecule has 2 atom stereocenters. The lowest BCUT2D eigenvalue weighted by Gasteiger charge is -2.16. The quantitative estimate of drug-likeness (QED) is 0.190. The van der Waals surface area contributed by atoms with Gasteiger partial charge in [-0.2, -0.15) is 0 Å². The number of aromatic amines is 1. The van der Waals surface area contributed by atoms with Crippen LogP contribution < -0.4 is 20.5 Å². The number of hydrogen-bond donors (Lipinski definition) is 3. The van der Waals surface area contributed by atoms with E-state index >= 15 is 0 Å². The number of aromatic nitrogens is 1. The lowest BCUT2D eigenvalue weighted by atomic mass is 10.1. The fraction of sp³-hybridized carbons (Fsp3) is 0.200. The molecule has 0 spiro atoms. The highest BCUT2D eigenvalue weighted by Gasteiger charge is 2.33. The third-order valence-corrected chi connectivity index (χ3v) is 6.54. The molecule has 0 radical (unpaired) electrons. The van der Waals surface area contributed by atoms with Gasteiger partial charge in [0.25, 0.3) is 5.91 Å². The normalized spacial score (nSPS) is 15.3. The molecule has 1 fully saturated rings. The number of nitrogens with one attached hydrogen (secondary N) is 2. The van der Waals surface area contributed by atoms with Crippen LogP contribution in [0.3, 0.4) is 0 Å². The second kappa shape index (κ2) is 12.2. The number of benzene rings is 3. The summed E-state index contributed by atoms with van der Waals surface area (Å²) in [6.07, 6.45) is 0.840. The monoisotopic (exact) mass is 556 g/mol. The van der Waals surface area contributed by atoms with Gasteiger partial charge in [-0.05, 0) is 41.8 Å². The van der Waals surface area contributed by atoms with Gasteiger partial charge in [0.15, 0.2) is 6.10 Å². The number of para-hydroxylation sites is 1. The zero-order chi connectivity index (χ0) is 28.8. The topological polar surface area (TPSA) is 153 Å². The van der Waals surface area contributed by atoms with Crippen molar-refractivity contribution in [1.82, 2.24) is 15.2 Å². The summed E-state index contributed by atoms with van der Waals surface area (Å²) < 4.78 is 16.2. The van der Waals surface area contributed by atoms with Gasteiger partial charge >= 0.3 is 12.1 Å². The van der Waals surface area contributed by atoms with E-state index in [2.05, 4.69) is 10.3 Å². The van der Waals surface area contributed by atoms with Crippen LogP contribution in [0.25, 0.3) is 10.8 Å². The first-order chi connectivity index (χ1) is 19.9. The summed E-state index contributed by atoms with van der Waals surface area (Å²) in [6.45, 7) is -0.0381. The molecule has 1 aliphatic rings. The number of amides is 3. The van der Waals surface area contributed by atoms with Crippen molar-refractivity contribution >= 4 is 34.6 Å². The van der Waals surface area contributed by atoms with Crippen molar-refractivity contribution in [3.8, 4) is 11.5 Å². The Balaban J connectivity index is 1.10. The minimum absolute atomic E-state index is 0.0510. The van der Waals surface area contributed by atoms with E-state index in [4.69, 9.17) is 19.9 Å². The number of carbonyl (C=O) groups is 4. The van der Waals surface area contributed by atoms with Crippen LogP contribution in [0.5, 0.6) is 11.5 Å². The van der Waals surface area contributed by atoms with Crippen molar-refractivity contribution in [2.45, 2.75) is 18.6 Å². The molecular weight excluding hydrogens is 528 g/mol. The molecule has 0 saturated carbocycles. The number of esters is 1.